The zero-order chi connectivity index (χ0) is 16.7. The average molecular weight is 316 g/mol. The maximum absolute atomic E-state index is 13.1. The molecule has 1 aliphatic rings. The molecular formula is C20H28O3. The van der Waals surface area contributed by atoms with Gasteiger partial charge in [-0.15, -0.1) is 6.58 Å². The van der Waals surface area contributed by atoms with Gasteiger partial charge in [0.05, 0.1) is 0 Å². The Morgan fingerprint density at radius 2 is 2.09 bits per heavy atom. The van der Waals surface area contributed by atoms with Crippen LogP contribution in [0.25, 0.3) is 0 Å². The van der Waals surface area contributed by atoms with E-state index in [9.17, 15) is 4.79 Å². The molecule has 0 fully saturated rings. The second-order valence-electron chi connectivity index (χ2n) is 6.44. The number of benzene rings is 1. The molecule has 0 N–H and O–H groups in total. The molecule has 0 spiro atoms. The van der Waals surface area contributed by atoms with E-state index < -0.39 is 0 Å². The van der Waals surface area contributed by atoms with Crippen molar-refractivity contribution in [1.29, 1.82) is 0 Å². The molecule has 0 aromatic heterocycles. The van der Waals surface area contributed by atoms with Gasteiger partial charge >= 0.3 is 0 Å². The highest BCUT2D eigenvalue weighted by Crippen LogP contribution is 2.45. The molecule has 1 aliphatic carbocycles. The zero-order valence-corrected chi connectivity index (χ0v) is 14.4. The molecule has 126 valence electrons. The minimum absolute atomic E-state index is 0.221. The topological polar surface area (TPSA) is 35.5 Å². The number of ether oxygens (including phenoxy) is 2. The van der Waals surface area contributed by atoms with Gasteiger partial charge in [-0.1, -0.05) is 25.8 Å². The fourth-order valence-electron chi connectivity index (χ4n) is 3.51. The van der Waals surface area contributed by atoms with Crippen molar-refractivity contribution in [1.82, 2.24) is 0 Å². The summed E-state index contributed by atoms with van der Waals surface area (Å²) in [6.45, 7) is 6.21. The van der Waals surface area contributed by atoms with E-state index in [1.54, 1.807) is 7.11 Å². The van der Waals surface area contributed by atoms with Crippen molar-refractivity contribution in [2.75, 3.05) is 13.9 Å². The number of hydrogen-bond acceptors (Lipinski definition) is 3. The van der Waals surface area contributed by atoms with Gasteiger partial charge in [-0.2, -0.15) is 0 Å². The van der Waals surface area contributed by atoms with E-state index in [0.29, 0.717) is 5.78 Å². The van der Waals surface area contributed by atoms with Crippen LogP contribution in [-0.4, -0.2) is 19.7 Å². The van der Waals surface area contributed by atoms with E-state index in [4.69, 9.17) is 9.47 Å². The van der Waals surface area contributed by atoms with Crippen molar-refractivity contribution in [2.24, 2.45) is 5.41 Å². The second-order valence-corrected chi connectivity index (χ2v) is 6.44. The first-order chi connectivity index (χ1) is 11.2. The van der Waals surface area contributed by atoms with Gasteiger partial charge in [-0.25, -0.2) is 0 Å². The highest BCUT2D eigenvalue weighted by Gasteiger charge is 2.44. The van der Waals surface area contributed by atoms with Crippen molar-refractivity contribution >= 4 is 5.78 Å². The first-order valence-electron chi connectivity index (χ1n) is 8.57. The van der Waals surface area contributed by atoms with Crippen LogP contribution in [0.3, 0.4) is 0 Å². The van der Waals surface area contributed by atoms with E-state index in [2.05, 4.69) is 13.5 Å². The summed E-state index contributed by atoms with van der Waals surface area (Å²) in [6, 6.07) is 5.80. The number of allylic oxidation sites excluding steroid dienone is 1. The van der Waals surface area contributed by atoms with Crippen molar-refractivity contribution in [3.63, 3.8) is 0 Å². The van der Waals surface area contributed by atoms with Gasteiger partial charge in [0.1, 0.15) is 5.75 Å². The Morgan fingerprint density at radius 1 is 1.30 bits per heavy atom. The summed E-state index contributed by atoms with van der Waals surface area (Å²) < 4.78 is 10.5. The predicted molar refractivity (Wildman–Crippen MR) is 93.0 cm³/mol. The van der Waals surface area contributed by atoms with Crippen LogP contribution < -0.4 is 4.74 Å². The number of carbonyl (C=O) groups is 1. The zero-order valence-electron chi connectivity index (χ0n) is 14.4. The number of rotatable bonds is 10. The van der Waals surface area contributed by atoms with Gasteiger partial charge in [0.15, 0.2) is 12.6 Å². The molecule has 3 heteroatoms. The van der Waals surface area contributed by atoms with Crippen molar-refractivity contribution < 1.29 is 14.3 Å². The van der Waals surface area contributed by atoms with Crippen LogP contribution in [0.15, 0.2) is 30.9 Å². The van der Waals surface area contributed by atoms with Crippen LogP contribution in [0.5, 0.6) is 5.75 Å². The molecule has 0 saturated heterocycles. The lowest BCUT2D eigenvalue weighted by Crippen LogP contribution is -2.28. The average Bonchev–Trinajstić information content (AvgIpc) is 2.83. The summed E-state index contributed by atoms with van der Waals surface area (Å²) in [5.74, 6) is 1.10. The summed E-state index contributed by atoms with van der Waals surface area (Å²) in [5, 5.41) is 0. The monoisotopic (exact) mass is 316 g/mol. The van der Waals surface area contributed by atoms with E-state index in [0.717, 1.165) is 61.8 Å². The Hall–Kier alpha value is -1.61. The predicted octanol–water partition coefficient (Wildman–Crippen LogP) is 4.94. The molecule has 0 bridgehead atoms. The molecule has 0 aliphatic heterocycles. The number of hydrogen-bond donors (Lipinski definition) is 0. The maximum atomic E-state index is 13.1. The molecule has 0 saturated carbocycles. The Bertz CT molecular complexity index is 550. The molecule has 0 amide bonds. The quantitative estimate of drug-likeness (QED) is 0.348. The fraction of sp³-hybridized carbons (Fsp3) is 0.550. The summed E-state index contributed by atoms with van der Waals surface area (Å²) in [6.07, 6.45) is 8.91. The molecule has 2 rings (SSSR count). The molecule has 0 heterocycles. The molecule has 1 aromatic rings. The van der Waals surface area contributed by atoms with Crippen LogP contribution in [0.4, 0.5) is 0 Å². The van der Waals surface area contributed by atoms with Gasteiger partial charge in [0.2, 0.25) is 0 Å². The van der Waals surface area contributed by atoms with E-state index >= 15 is 0 Å². The summed E-state index contributed by atoms with van der Waals surface area (Å²) >= 11 is 0. The molecule has 3 nitrogen and oxygen atoms in total. The number of ketones is 1. The third-order valence-corrected chi connectivity index (χ3v) is 4.75. The van der Waals surface area contributed by atoms with Crippen molar-refractivity contribution in [2.45, 2.75) is 51.9 Å². The lowest BCUT2D eigenvalue weighted by atomic mass is 9.75. The van der Waals surface area contributed by atoms with Gasteiger partial charge in [-0.3, -0.25) is 4.79 Å². The number of fused-ring (bicyclic) bond motifs is 1. The fourth-order valence-corrected chi connectivity index (χ4v) is 3.51. The van der Waals surface area contributed by atoms with Crippen LogP contribution >= 0.6 is 0 Å². The number of methoxy groups -OCH3 is 1. The first-order valence-corrected chi connectivity index (χ1v) is 8.57. The molecular weight excluding hydrogens is 288 g/mol. The molecule has 1 atom stereocenters. The summed E-state index contributed by atoms with van der Waals surface area (Å²) in [4.78, 5) is 13.1. The molecule has 1 aromatic carbocycles. The van der Waals surface area contributed by atoms with E-state index in [1.807, 2.05) is 24.3 Å². The van der Waals surface area contributed by atoms with Gasteiger partial charge < -0.3 is 9.47 Å². The minimum atomic E-state index is -0.221. The van der Waals surface area contributed by atoms with Crippen LogP contribution in [0, 0.1) is 5.41 Å². The van der Waals surface area contributed by atoms with Crippen LogP contribution in [-0.2, 0) is 11.2 Å². The Labute approximate surface area is 139 Å². The second kappa shape index (κ2) is 8.30. The Balaban J connectivity index is 2.20. The SMILES string of the molecule is C=CCCCC1(CCCC)Cc2cc(OCOC)ccc2C1=O. The normalized spacial score (nSPS) is 19.7. The van der Waals surface area contributed by atoms with Crippen molar-refractivity contribution in [3.8, 4) is 5.75 Å². The smallest absolute Gasteiger partial charge is 0.188 e. The maximum Gasteiger partial charge on any atom is 0.188 e. The summed E-state index contributed by atoms with van der Waals surface area (Å²) in [7, 11) is 1.60. The van der Waals surface area contributed by atoms with E-state index in [-0.39, 0.29) is 12.2 Å². The lowest BCUT2D eigenvalue weighted by molar-refractivity contribution is 0.0511. The van der Waals surface area contributed by atoms with Gasteiger partial charge in [0, 0.05) is 18.1 Å². The molecule has 23 heavy (non-hydrogen) atoms. The Kier molecular flexibility index (Phi) is 6.40. The van der Waals surface area contributed by atoms with E-state index in [1.165, 1.54) is 0 Å². The van der Waals surface area contributed by atoms with Gasteiger partial charge in [0.25, 0.3) is 0 Å². The highest BCUT2D eigenvalue weighted by atomic mass is 16.7. The third kappa shape index (κ3) is 4.03. The highest BCUT2D eigenvalue weighted by molar-refractivity contribution is 6.05. The number of Topliss-reactive ketones (excluding diaryl/α,β-unsaturated/α-hetero) is 1. The summed E-state index contributed by atoms with van der Waals surface area (Å²) in [5.41, 5.74) is 1.78. The van der Waals surface area contributed by atoms with Crippen LogP contribution in [0.1, 0.15) is 61.4 Å². The molecule has 1 unspecified atom stereocenters. The van der Waals surface area contributed by atoms with Crippen LogP contribution in [0.2, 0.25) is 0 Å². The first kappa shape index (κ1) is 17.7. The van der Waals surface area contributed by atoms with Gasteiger partial charge in [-0.05, 0) is 55.9 Å². The number of carbonyl (C=O) groups excluding carboxylic acids is 1. The van der Waals surface area contributed by atoms with Crippen molar-refractivity contribution in [3.05, 3.63) is 42.0 Å². The number of unbranched alkanes of at least 4 members (excludes halogenated alkanes) is 2. The largest absolute Gasteiger partial charge is 0.468 e. The standard InChI is InChI=1S/C20H28O3/c1-4-6-8-12-20(11-7-5-2)14-16-13-17(23-15-22-3)9-10-18(16)19(20)21/h4,9-10,13H,1,5-8,11-12,14-15H2,2-3H3. The minimum Gasteiger partial charge on any atom is -0.468 e. The third-order valence-electron chi connectivity index (χ3n) is 4.75. The molecule has 0 radical (unpaired) electrons. The Morgan fingerprint density at radius 3 is 2.78 bits per heavy atom. The lowest BCUT2D eigenvalue weighted by Gasteiger charge is -2.27.